The van der Waals surface area contributed by atoms with Crippen LogP contribution >= 0.6 is 0 Å². The summed E-state index contributed by atoms with van der Waals surface area (Å²) in [5, 5.41) is 0. The number of methoxy groups -OCH3 is 1. The fourth-order valence-electron chi connectivity index (χ4n) is 5.69. The molecule has 0 saturated heterocycles. The molecule has 2 saturated carbocycles. The minimum atomic E-state index is 0.498. The molecule has 0 radical (unpaired) electrons. The first-order valence-electron chi connectivity index (χ1n) is 8.42. The van der Waals surface area contributed by atoms with E-state index in [9.17, 15) is 0 Å². The summed E-state index contributed by atoms with van der Waals surface area (Å²) < 4.78 is 5.52. The molecule has 3 aliphatic carbocycles. The van der Waals surface area contributed by atoms with Crippen molar-refractivity contribution in [2.24, 2.45) is 17.8 Å². The highest BCUT2D eigenvalue weighted by Crippen LogP contribution is 2.60. The van der Waals surface area contributed by atoms with Gasteiger partial charge in [0.15, 0.2) is 0 Å². The molecule has 0 amide bonds. The zero-order valence-electron chi connectivity index (χ0n) is 12.8. The Kier molecular flexibility index (Phi) is 2.87. The average Bonchev–Trinajstić information content (AvgIpc) is 2.50. The summed E-state index contributed by atoms with van der Waals surface area (Å²) >= 11 is 0. The van der Waals surface area contributed by atoms with E-state index < -0.39 is 0 Å². The molecule has 20 heavy (non-hydrogen) atoms. The molecule has 0 aromatic heterocycles. The maximum atomic E-state index is 5.52. The van der Waals surface area contributed by atoms with Gasteiger partial charge in [0.2, 0.25) is 0 Å². The predicted octanol–water partition coefficient (Wildman–Crippen LogP) is 4.73. The molecule has 0 N–H and O–H groups in total. The number of ether oxygens (including phenoxy) is 1. The van der Waals surface area contributed by atoms with Gasteiger partial charge in [-0.1, -0.05) is 25.8 Å². The molecule has 1 aromatic rings. The average molecular weight is 270 g/mol. The second kappa shape index (κ2) is 4.51. The van der Waals surface area contributed by atoms with Crippen LogP contribution in [0.4, 0.5) is 0 Å². The number of rotatable bonds is 1. The molecule has 2 fully saturated rings. The van der Waals surface area contributed by atoms with Crippen molar-refractivity contribution in [1.29, 1.82) is 0 Å². The van der Waals surface area contributed by atoms with Crippen LogP contribution in [-0.4, -0.2) is 7.11 Å². The van der Waals surface area contributed by atoms with Crippen molar-refractivity contribution in [3.05, 3.63) is 29.3 Å². The predicted molar refractivity (Wildman–Crippen MR) is 82.2 cm³/mol. The van der Waals surface area contributed by atoms with Gasteiger partial charge in [0.1, 0.15) is 5.75 Å². The Bertz CT molecular complexity index is 520. The largest absolute Gasteiger partial charge is 0.497 e. The molecule has 1 nitrogen and oxygen atoms in total. The Morgan fingerprint density at radius 3 is 2.90 bits per heavy atom. The van der Waals surface area contributed by atoms with Crippen molar-refractivity contribution in [2.75, 3.05) is 7.11 Å². The zero-order chi connectivity index (χ0) is 13.7. The molecule has 4 unspecified atom stereocenters. The second-order valence-electron chi connectivity index (χ2n) is 7.42. The van der Waals surface area contributed by atoms with Crippen molar-refractivity contribution < 1.29 is 4.74 Å². The summed E-state index contributed by atoms with van der Waals surface area (Å²) in [4.78, 5) is 0. The molecule has 4 rings (SSSR count). The second-order valence-corrected chi connectivity index (χ2v) is 7.42. The van der Waals surface area contributed by atoms with Gasteiger partial charge in [0, 0.05) is 0 Å². The van der Waals surface area contributed by atoms with Gasteiger partial charge in [-0.25, -0.2) is 0 Å². The number of benzene rings is 1. The van der Waals surface area contributed by atoms with E-state index in [-0.39, 0.29) is 0 Å². The summed E-state index contributed by atoms with van der Waals surface area (Å²) in [6, 6.07) is 6.89. The fraction of sp³-hybridized carbons (Fsp3) is 0.684. The van der Waals surface area contributed by atoms with Crippen LogP contribution in [0.1, 0.15) is 56.6 Å². The smallest absolute Gasteiger partial charge is 0.119 e. The highest BCUT2D eigenvalue weighted by molar-refractivity contribution is 5.45. The third kappa shape index (κ3) is 1.61. The monoisotopic (exact) mass is 270 g/mol. The summed E-state index contributed by atoms with van der Waals surface area (Å²) in [7, 11) is 1.80. The van der Waals surface area contributed by atoms with Crippen LogP contribution in [0.25, 0.3) is 0 Å². The lowest BCUT2D eigenvalue weighted by molar-refractivity contribution is 0.0174. The van der Waals surface area contributed by atoms with Crippen LogP contribution in [0.3, 0.4) is 0 Å². The summed E-state index contributed by atoms with van der Waals surface area (Å²) in [5.41, 5.74) is 3.78. The van der Waals surface area contributed by atoms with Gasteiger partial charge >= 0.3 is 0 Å². The lowest BCUT2D eigenvalue weighted by Crippen LogP contribution is -2.51. The highest BCUT2D eigenvalue weighted by Gasteiger charge is 2.53. The van der Waals surface area contributed by atoms with Crippen LogP contribution in [0.2, 0.25) is 0 Å². The van der Waals surface area contributed by atoms with Crippen molar-refractivity contribution in [1.82, 2.24) is 0 Å². The van der Waals surface area contributed by atoms with Crippen molar-refractivity contribution in [3.8, 4) is 5.75 Å². The molecule has 3 aliphatic rings. The maximum Gasteiger partial charge on any atom is 0.119 e. The summed E-state index contributed by atoms with van der Waals surface area (Å²) in [5.74, 6) is 3.85. The van der Waals surface area contributed by atoms with Crippen LogP contribution in [0.15, 0.2) is 18.2 Å². The lowest BCUT2D eigenvalue weighted by atomic mass is 9.47. The molecule has 4 atom stereocenters. The highest BCUT2D eigenvalue weighted by atomic mass is 16.5. The van der Waals surface area contributed by atoms with Crippen molar-refractivity contribution >= 4 is 0 Å². The van der Waals surface area contributed by atoms with Gasteiger partial charge in [0.05, 0.1) is 7.11 Å². The molecule has 108 valence electrons. The summed E-state index contributed by atoms with van der Waals surface area (Å²) in [6.07, 6.45) is 9.91. The van der Waals surface area contributed by atoms with Gasteiger partial charge in [-0.15, -0.1) is 0 Å². The topological polar surface area (TPSA) is 9.23 Å². The van der Waals surface area contributed by atoms with E-state index in [0.29, 0.717) is 5.41 Å². The molecule has 1 aromatic carbocycles. The molecular weight excluding hydrogens is 244 g/mol. The van der Waals surface area contributed by atoms with Crippen LogP contribution in [0, 0.1) is 17.8 Å². The van der Waals surface area contributed by atoms with Crippen LogP contribution < -0.4 is 4.74 Å². The number of hydrogen-bond acceptors (Lipinski definition) is 1. The third-order valence-electron chi connectivity index (χ3n) is 6.70. The normalized spacial score (nSPS) is 38.8. The minimum absolute atomic E-state index is 0.498. The van der Waals surface area contributed by atoms with E-state index in [2.05, 4.69) is 25.1 Å². The maximum absolute atomic E-state index is 5.52. The van der Waals surface area contributed by atoms with Gasteiger partial charge in [-0.3, -0.25) is 0 Å². The quantitative estimate of drug-likeness (QED) is 0.717. The third-order valence-corrected chi connectivity index (χ3v) is 6.70. The standard InChI is InChI=1S/C19H26O/c1-13-8-10-19-9-4-3-5-17(19)16(13)11-14-6-7-15(20-2)12-18(14)19/h6-7,12-13,16-17H,3-5,8-11H2,1-2H3. The Labute approximate surface area is 122 Å². The fourth-order valence-corrected chi connectivity index (χ4v) is 5.69. The molecule has 0 spiro atoms. The van der Waals surface area contributed by atoms with Crippen molar-refractivity contribution in [3.63, 3.8) is 0 Å². The molecule has 0 heterocycles. The Hall–Kier alpha value is -0.980. The van der Waals surface area contributed by atoms with E-state index in [1.165, 1.54) is 44.9 Å². The van der Waals surface area contributed by atoms with E-state index in [0.717, 1.165) is 23.5 Å². The summed E-state index contributed by atoms with van der Waals surface area (Å²) in [6.45, 7) is 2.50. The minimum Gasteiger partial charge on any atom is -0.497 e. The van der Waals surface area contributed by atoms with Crippen molar-refractivity contribution in [2.45, 2.75) is 57.3 Å². The SMILES string of the molecule is COc1ccc2c(c1)C13CCCCC1C(C2)C(C)CC3. The zero-order valence-corrected chi connectivity index (χ0v) is 12.8. The first-order valence-corrected chi connectivity index (χ1v) is 8.42. The van der Waals surface area contributed by atoms with Crippen LogP contribution in [-0.2, 0) is 11.8 Å². The van der Waals surface area contributed by atoms with Gasteiger partial charge in [-0.2, -0.15) is 0 Å². The first-order chi connectivity index (χ1) is 9.74. The van der Waals surface area contributed by atoms with E-state index in [1.54, 1.807) is 18.2 Å². The number of fused-ring (bicyclic) bond motifs is 1. The van der Waals surface area contributed by atoms with Gasteiger partial charge < -0.3 is 4.74 Å². The molecule has 1 heteroatoms. The van der Waals surface area contributed by atoms with E-state index in [4.69, 9.17) is 4.74 Å². The van der Waals surface area contributed by atoms with Gasteiger partial charge in [0.25, 0.3) is 0 Å². The molecule has 2 bridgehead atoms. The Morgan fingerprint density at radius 1 is 1.15 bits per heavy atom. The van der Waals surface area contributed by atoms with E-state index in [1.807, 2.05) is 0 Å². The van der Waals surface area contributed by atoms with E-state index >= 15 is 0 Å². The Balaban J connectivity index is 1.88. The molecular formula is C19H26O. The molecule has 0 aliphatic heterocycles. The Morgan fingerprint density at radius 2 is 2.05 bits per heavy atom. The lowest BCUT2D eigenvalue weighted by Gasteiger charge is -2.57. The number of hydrogen-bond donors (Lipinski definition) is 0. The first kappa shape index (κ1) is 12.7. The van der Waals surface area contributed by atoms with Crippen LogP contribution in [0.5, 0.6) is 5.75 Å². The van der Waals surface area contributed by atoms with Gasteiger partial charge in [-0.05, 0) is 78.5 Å².